The SMILES string of the molecule is CCCc1ccc2c(F)c(-c3ccc(C(F)(F)F)cc3)ccc2c1. The van der Waals surface area contributed by atoms with Gasteiger partial charge in [0.15, 0.2) is 0 Å². The van der Waals surface area contributed by atoms with E-state index in [1.807, 2.05) is 18.2 Å². The fourth-order valence-corrected chi connectivity index (χ4v) is 2.85. The maximum Gasteiger partial charge on any atom is 0.416 e. The molecular weight excluding hydrogens is 316 g/mol. The van der Waals surface area contributed by atoms with Crippen molar-refractivity contribution >= 4 is 10.8 Å². The van der Waals surface area contributed by atoms with Crippen molar-refractivity contribution in [3.05, 3.63) is 71.5 Å². The van der Waals surface area contributed by atoms with Crippen LogP contribution in [0.15, 0.2) is 54.6 Å². The standard InChI is InChI=1S/C20H16F4/c1-2-3-13-4-10-18-15(12-13)7-11-17(19(18)21)14-5-8-16(9-6-14)20(22,23)24/h4-12H,2-3H2,1H3. The normalized spacial score (nSPS) is 11.9. The Labute approximate surface area is 137 Å². The highest BCUT2D eigenvalue weighted by atomic mass is 19.4. The summed E-state index contributed by atoms with van der Waals surface area (Å²) >= 11 is 0. The molecule has 3 rings (SSSR count). The average Bonchev–Trinajstić information content (AvgIpc) is 2.55. The first-order valence-electron chi connectivity index (χ1n) is 7.79. The highest BCUT2D eigenvalue weighted by Crippen LogP contribution is 2.33. The summed E-state index contributed by atoms with van der Waals surface area (Å²) in [6.45, 7) is 2.08. The van der Waals surface area contributed by atoms with Gasteiger partial charge in [-0.2, -0.15) is 13.2 Å². The molecule has 0 saturated carbocycles. The van der Waals surface area contributed by atoms with E-state index in [1.54, 1.807) is 12.1 Å². The predicted octanol–water partition coefficient (Wildman–Crippen LogP) is 6.62. The van der Waals surface area contributed by atoms with Crippen molar-refractivity contribution in [2.75, 3.05) is 0 Å². The van der Waals surface area contributed by atoms with Gasteiger partial charge in [0.1, 0.15) is 5.82 Å². The van der Waals surface area contributed by atoms with Gasteiger partial charge >= 0.3 is 6.18 Å². The van der Waals surface area contributed by atoms with E-state index in [2.05, 4.69) is 6.92 Å². The molecule has 0 nitrogen and oxygen atoms in total. The molecule has 0 fully saturated rings. The van der Waals surface area contributed by atoms with Crippen LogP contribution in [-0.4, -0.2) is 0 Å². The number of alkyl halides is 3. The molecule has 0 N–H and O–H groups in total. The molecule has 4 heteroatoms. The Morgan fingerprint density at radius 1 is 0.875 bits per heavy atom. The van der Waals surface area contributed by atoms with Crippen molar-refractivity contribution in [2.24, 2.45) is 0 Å². The summed E-state index contributed by atoms with van der Waals surface area (Å²) in [7, 11) is 0. The number of benzene rings is 3. The lowest BCUT2D eigenvalue weighted by Gasteiger charge is -2.10. The second-order valence-electron chi connectivity index (χ2n) is 5.81. The lowest BCUT2D eigenvalue weighted by molar-refractivity contribution is -0.137. The van der Waals surface area contributed by atoms with Crippen LogP contribution in [0, 0.1) is 5.82 Å². The van der Waals surface area contributed by atoms with Gasteiger partial charge in [0.2, 0.25) is 0 Å². The van der Waals surface area contributed by atoms with Gasteiger partial charge in [-0.1, -0.05) is 55.8 Å². The summed E-state index contributed by atoms with van der Waals surface area (Å²) in [5.41, 5.74) is 1.14. The van der Waals surface area contributed by atoms with Gasteiger partial charge in [-0.05, 0) is 35.1 Å². The van der Waals surface area contributed by atoms with Crippen molar-refractivity contribution in [1.82, 2.24) is 0 Å². The van der Waals surface area contributed by atoms with E-state index < -0.39 is 17.6 Å². The summed E-state index contributed by atoms with van der Waals surface area (Å²) in [5.74, 6) is -0.407. The highest BCUT2D eigenvalue weighted by molar-refractivity contribution is 5.88. The van der Waals surface area contributed by atoms with Crippen LogP contribution in [0.5, 0.6) is 0 Å². The number of fused-ring (bicyclic) bond motifs is 1. The molecule has 124 valence electrons. The van der Waals surface area contributed by atoms with Crippen molar-refractivity contribution < 1.29 is 17.6 Å². The number of hydrogen-bond acceptors (Lipinski definition) is 0. The van der Waals surface area contributed by atoms with E-state index in [4.69, 9.17) is 0 Å². The van der Waals surface area contributed by atoms with Gasteiger partial charge in [-0.25, -0.2) is 4.39 Å². The molecule has 24 heavy (non-hydrogen) atoms. The smallest absolute Gasteiger partial charge is 0.206 e. The summed E-state index contributed by atoms with van der Waals surface area (Å²) < 4.78 is 52.7. The van der Waals surface area contributed by atoms with Gasteiger partial charge < -0.3 is 0 Å². The second kappa shape index (κ2) is 6.27. The molecule has 0 atom stereocenters. The minimum Gasteiger partial charge on any atom is -0.206 e. The third kappa shape index (κ3) is 3.14. The van der Waals surface area contributed by atoms with Gasteiger partial charge in [-0.15, -0.1) is 0 Å². The summed E-state index contributed by atoms with van der Waals surface area (Å²) in [5, 5.41) is 1.28. The van der Waals surface area contributed by atoms with Crippen molar-refractivity contribution in [2.45, 2.75) is 25.9 Å². The van der Waals surface area contributed by atoms with Crippen LogP contribution in [0.3, 0.4) is 0 Å². The molecule has 0 amide bonds. The predicted molar refractivity (Wildman–Crippen MR) is 88.3 cm³/mol. The Bertz CT molecular complexity index is 861. The Balaban J connectivity index is 2.04. The van der Waals surface area contributed by atoms with Crippen molar-refractivity contribution in [1.29, 1.82) is 0 Å². The summed E-state index contributed by atoms with van der Waals surface area (Å²) in [6, 6.07) is 13.6. The fourth-order valence-electron chi connectivity index (χ4n) is 2.85. The van der Waals surface area contributed by atoms with Crippen LogP contribution in [0.1, 0.15) is 24.5 Å². The molecule has 0 bridgehead atoms. The molecule has 0 radical (unpaired) electrons. The first kappa shape index (κ1) is 16.5. The van der Waals surface area contributed by atoms with Crippen LogP contribution < -0.4 is 0 Å². The maximum absolute atomic E-state index is 14.8. The third-order valence-electron chi connectivity index (χ3n) is 4.08. The van der Waals surface area contributed by atoms with Crippen LogP contribution >= 0.6 is 0 Å². The Morgan fingerprint density at radius 3 is 2.21 bits per heavy atom. The zero-order chi connectivity index (χ0) is 17.3. The van der Waals surface area contributed by atoms with E-state index in [9.17, 15) is 17.6 Å². The van der Waals surface area contributed by atoms with E-state index in [0.29, 0.717) is 16.5 Å². The zero-order valence-electron chi connectivity index (χ0n) is 13.1. The van der Waals surface area contributed by atoms with Gasteiger partial charge in [0, 0.05) is 10.9 Å². The average molecular weight is 332 g/mol. The minimum atomic E-state index is -4.39. The topological polar surface area (TPSA) is 0 Å². The Morgan fingerprint density at radius 2 is 1.58 bits per heavy atom. The molecule has 0 spiro atoms. The fraction of sp³-hybridized carbons (Fsp3) is 0.200. The largest absolute Gasteiger partial charge is 0.416 e. The van der Waals surface area contributed by atoms with E-state index >= 15 is 0 Å². The van der Waals surface area contributed by atoms with Gasteiger partial charge in [-0.3, -0.25) is 0 Å². The molecule has 3 aromatic carbocycles. The number of aryl methyl sites for hydroxylation is 1. The second-order valence-corrected chi connectivity index (χ2v) is 5.81. The molecule has 0 aliphatic heterocycles. The van der Waals surface area contributed by atoms with E-state index in [1.165, 1.54) is 12.1 Å². The van der Waals surface area contributed by atoms with Crippen LogP contribution in [0.2, 0.25) is 0 Å². The maximum atomic E-state index is 14.8. The van der Waals surface area contributed by atoms with Crippen LogP contribution in [0.25, 0.3) is 21.9 Å². The van der Waals surface area contributed by atoms with Crippen LogP contribution in [0.4, 0.5) is 17.6 Å². The van der Waals surface area contributed by atoms with Crippen molar-refractivity contribution in [3.8, 4) is 11.1 Å². The molecule has 0 aliphatic rings. The number of rotatable bonds is 3. The lowest BCUT2D eigenvalue weighted by Crippen LogP contribution is -2.04. The van der Waals surface area contributed by atoms with E-state index in [-0.39, 0.29) is 0 Å². The first-order valence-corrected chi connectivity index (χ1v) is 7.79. The molecule has 0 aliphatic carbocycles. The summed E-state index contributed by atoms with van der Waals surface area (Å²) in [6.07, 6.45) is -2.45. The highest BCUT2D eigenvalue weighted by Gasteiger charge is 2.30. The van der Waals surface area contributed by atoms with Crippen LogP contribution in [-0.2, 0) is 12.6 Å². The Kier molecular flexibility index (Phi) is 4.31. The minimum absolute atomic E-state index is 0.305. The first-order chi connectivity index (χ1) is 11.4. The van der Waals surface area contributed by atoms with Gasteiger partial charge in [0.25, 0.3) is 0 Å². The quantitative estimate of drug-likeness (QED) is 0.473. The number of halogens is 4. The molecule has 0 aromatic heterocycles. The number of hydrogen-bond donors (Lipinski definition) is 0. The Hall–Kier alpha value is -2.36. The molecule has 0 unspecified atom stereocenters. The molecule has 0 heterocycles. The van der Waals surface area contributed by atoms with Gasteiger partial charge in [0.05, 0.1) is 5.56 Å². The monoisotopic (exact) mass is 332 g/mol. The van der Waals surface area contributed by atoms with Crippen molar-refractivity contribution in [3.63, 3.8) is 0 Å². The molecule has 3 aromatic rings. The third-order valence-corrected chi connectivity index (χ3v) is 4.08. The molecular formula is C20H16F4. The zero-order valence-corrected chi connectivity index (χ0v) is 13.1. The molecule has 0 saturated heterocycles. The van der Waals surface area contributed by atoms with E-state index in [0.717, 1.165) is 35.9 Å². The summed E-state index contributed by atoms with van der Waals surface area (Å²) in [4.78, 5) is 0. The lowest BCUT2D eigenvalue weighted by atomic mass is 9.97.